The van der Waals surface area contributed by atoms with Gasteiger partial charge in [0.15, 0.2) is 11.5 Å². The molecule has 1 atom stereocenters. The molecule has 0 bridgehead atoms. The van der Waals surface area contributed by atoms with Gasteiger partial charge in [0.2, 0.25) is 0 Å². The summed E-state index contributed by atoms with van der Waals surface area (Å²) in [5, 5.41) is 25.0. The molecule has 2 amide bonds. The molecule has 3 N–H and O–H groups in total. The second-order valence-electron chi connectivity index (χ2n) is 7.89. The van der Waals surface area contributed by atoms with Crippen LogP contribution in [0.5, 0.6) is 11.5 Å². The van der Waals surface area contributed by atoms with Crippen LogP contribution in [0.2, 0.25) is 0 Å². The molecule has 0 saturated carbocycles. The first-order valence-electron chi connectivity index (χ1n) is 10.8. The minimum absolute atomic E-state index is 0. The molecular weight excluding hydrogens is 522 g/mol. The predicted molar refractivity (Wildman–Crippen MR) is 124 cm³/mol. The van der Waals surface area contributed by atoms with E-state index in [1.165, 1.54) is 4.90 Å². The van der Waals surface area contributed by atoms with Crippen molar-refractivity contribution in [3.05, 3.63) is 72.4 Å². The Labute approximate surface area is 249 Å². The monoisotopic (exact) mass is 542 g/mol. The Hall–Kier alpha value is -2.79. The number of pyridine rings is 1. The first-order valence-corrected chi connectivity index (χ1v) is 10.8. The second-order valence-corrected chi connectivity index (χ2v) is 7.89. The van der Waals surface area contributed by atoms with E-state index in [4.69, 9.17) is 4.74 Å². The number of rotatable bonds is 6. The van der Waals surface area contributed by atoms with E-state index in [1.807, 2.05) is 30.3 Å². The number of hydrogen-bond acceptors (Lipinski definition) is 7. The Balaban J connectivity index is 0.00000289. The molecule has 1 aliphatic rings. The van der Waals surface area contributed by atoms with E-state index < -0.39 is 6.09 Å². The molecule has 1 aliphatic heterocycles. The van der Waals surface area contributed by atoms with Crippen LogP contribution in [0.4, 0.5) is 16.3 Å². The predicted octanol–water partition coefficient (Wildman–Crippen LogP) is -0.164. The van der Waals surface area contributed by atoms with E-state index in [1.54, 1.807) is 36.5 Å². The Kier molecular flexibility index (Phi) is 8.17. The number of fused-ring (bicyclic) bond motifs is 1. The smallest absolute Gasteiger partial charge is 0.530 e. The van der Waals surface area contributed by atoms with E-state index >= 15 is 0 Å². The van der Waals surface area contributed by atoms with E-state index in [0.717, 1.165) is 5.69 Å². The van der Waals surface area contributed by atoms with Gasteiger partial charge in [-0.2, -0.15) is 5.10 Å². The molecular formula is C24H21N6O4Rb. The summed E-state index contributed by atoms with van der Waals surface area (Å²) in [6.07, 6.45) is 1.07. The van der Waals surface area contributed by atoms with Crippen molar-refractivity contribution in [3.8, 4) is 11.5 Å². The maximum absolute atomic E-state index is 12.5. The Morgan fingerprint density at radius 2 is 1.86 bits per heavy atom. The average Bonchev–Trinajstić information content (AvgIpc) is 3.49. The first kappa shape index (κ1) is 25.3. The van der Waals surface area contributed by atoms with Gasteiger partial charge in [-0.25, -0.2) is 4.98 Å². The van der Waals surface area contributed by atoms with Gasteiger partial charge < -0.3 is 30.2 Å². The van der Waals surface area contributed by atoms with Crippen molar-refractivity contribution in [3.63, 3.8) is 0 Å². The van der Waals surface area contributed by atoms with Gasteiger partial charge in [-0.05, 0) is 42.8 Å². The summed E-state index contributed by atoms with van der Waals surface area (Å²) in [5.41, 5.74) is 1.76. The number of amides is 2. The fourth-order valence-corrected chi connectivity index (χ4v) is 3.88. The summed E-state index contributed by atoms with van der Waals surface area (Å²) in [5.74, 6) is 1.38. The molecule has 0 aliphatic carbocycles. The molecule has 2 aromatic carbocycles. The zero-order chi connectivity index (χ0) is 23.5. The number of carbonyl (C=O) groups excluding carboxylic acids is 2. The van der Waals surface area contributed by atoms with E-state index in [2.05, 4.69) is 25.8 Å². The number of ether oxygens (including phenoxy) is 1. The van der Waals surface area contributed by atoms with Crippen molar-refractivity contribution >= 4 is 34.5 Å². The van der Waals surface area contributed by atoms with E-state index in [-0.39, 0.29) is 70.1 Å². The minimum Gasteiger partial charge on any atom is -0.530 e. The van der Waals surface area contributed by atoms with Gasteiger partial charge in [0, 0.05) is 42.6 Å². The number of carboxylic acid groups (broad SMARTS) is 1. The fraction of sp³-hybridized carbons (Fsp3) is 0.167. The summed E-state index contributed by atoms with van der Waals surface area (Å²) in [6, 6.07) is 17.7. The average molecular weight is 543 g/mol. The molecule has 3 heterocycles. The summed E-state index contributed by atoms with van der Waals surface area (Å²) in [6.45, 7) is 0.730. The molecule has 2 aromatic heterocycles. The van der Waals surface area contributed by atoms with Gasteiger partial charge in [-0.15, -0.1) is 0 Å². The summed E-state index contributed by atoms with van der Waals surface area (Å²) >= 11 is 0. The van der Waals surface area contributed by atoms with E-state index in [0.29, 0.717) is 53.4 Å². The van der Waals surface area contributed by atoms with Crippen molar-refractivity contribution in [1.29, 1.82) is 0 Å². The van der Waals surface area contributed by atoms with Crippen molar-refractivity contribution in [2.75, 3.05) is 23.7 Å². The quantitative estimate of drug-likeness (QED) is 0.308. The molecule has 4 aromatic rings. The van der Waals surface area contributed by atoms with Crippen LogP contribution in [0.3, 0.4) is 0 Å². The first-order chi connectivity index (χ1) is 16.6. The van der Waals surface area contributed by atoms with Crippen molar-refractivity contribution in [1.82, 2.24) is 20.1 Å². The largest absolute Gasteiger partial charge is 1.00 e. The molecule has 0 spiro atoms. The zero-order valence-corrected chi connectivity index (χ0v) is 23.9. The third-order valence-corrected chi connectivity index (χ3v) is 5.59. The van der Waals surface area contributed by atoms with Crippen LogP contribution in [0.25, 0.3) is 11.0 Å². The van der Waals surface area contributed by atoms with Crippen LogP contribution < -0.4 is 78.7 Å². The molecule has 35 heavy (non-hydrogen) atoms. The molecule has 1 fully saturated rings. The van der Waals surface area contributed by atoms with Crippen LogP contribution in [0.1, 0.15) is 16.8 Å². The van der Waals surface area contributed by atoms with Crippen LogP contribution in [0, 0.1) is 0 Å². The Morgan fingerprint density at radius 1 is 1.09 bits per heavy atom. The summed E-state index contributed by atoms with van der Waals surface area (Å²) in [7, 11) is 0. The van der Waals surface area contributed by atoms with Gasteiger partial charge in [-0.1, -0.05) is 18.2 Å². The standard InChI is InChI=1S/C24H22N6O4.Rb/c31-23(27-16-4-2-1-3-5-16)15-6-8-18(9-7-15)34-19-10-12-25-21-20(19)22(29-28-21)26-17-11-13-30(14-17)24(32)33;/h1-10,12,17H,11,13-14H2,(H,27,31)(H,32,33)(H2,25,26,28,29);/q;+1/p-1. The zero-order valence-electron chi connectivity index (χ0n) is 19.0. The van der Waals surface area contributed by atoms with Crippen molar-refractivity contribution < 1.29 is 77.6 Å². The van der Waals surface area contributed by atoms with Crippen LogP contribution >= 0.6 is 0 Å². The second kappa shape index (κ2) is 11.3. The molecule has 1 unspecified atom stereocenters. The normalized spacial score (nSPS) is 14.9. The number of benzene rings is 2. The number of anilines is 2. The number of aromatic nitrogens is 3. The Bertz CT molecular complexity index is 1330. The van der Waals surface area contributed by atoms with Crippen molar-refractivity contribution in [2.24, 2.45) is 0 Å². The van der Waals surface area contributed by atoms with Gasteiger partial charge >= 0.3 is 58.2 Å². The number of aromatic amines is 1. The SMILES string of the molecule is O=C(Nc1ccccc1)c1ccc(Oc2ccnc3[nH]nc(NC4CCN(C(=O)[O-])C4)c23)cc1.[Rb+]. The third-order valence-electron chi connectivity index (χ3n) is 5.59. The van der Waals surface area contributed by atoms with Gasteiger partial charge in [-0.3, -0.25) is 9.89 Å². The number of nitrogens with one attached hydrogen (secondary N) is 3. The Morgan fingerprint density at radius 3 is 2.57 bits per heavy atom. The molecule has 10 nitrogen and oxygen atoms in total. The van der Waals surface area contributed by atoms with Gasteiger partial charge in [0.1, 0.15) is 23.0 Å². The van der Waals surface area contributed by atoms with Crippen LogP contribution in [0.15, 0.2) is 66.9 Å². The summed E-state index contributed by atoms with van der Waals surface area (Å²) in [4.78, 5) is 29.1. The van der Waals surface area contributed by atoms with Gasteiger partial charge in [0.25, 0.3) is 5.91 Å². The summed E-state index contributed by atoms with van der Waals surface area (Å²) < 4.78 is 6.08. The number of likely N-dealkylation sites (tertiary alicyclic amines) is 1. The molecule has 1 saturated heterocycles. The molecule has 172 valence electrons. The number of H-pyrrole nitrogens is 1. The van der Waals surface area contributed by atoms with Crippen LogP contribution in [-0.2, 0) is 0 Å². The number of hydrogen-bond donors (Lipinski definition) is 3. The minimum atomic E-state index is -1.18. The van der Waals surface area contributed by atoms with Gasteiger partial charge in [0.05, 0.1) is 0 Å². The number of para-hydroxylation sites is 1. The third kappa shape index (κ3) is 5.89. The van der Waals surface area contributed by atoms with Crippen molar-refractivity contribution in [2.45, 2.75) is 12.5 Å². The molecule has 0 radical (unpaired) electrons. The molecule has 11 heteroatoms. The van der Waals surface area contributed by atoms with E-state index in [9.17, 15) is 14.7 Å². The van der Waals surface area contributed by atoms with Crippen LogP contribution in [-0.4, -0.2) is 51.2 Å². The number of nitrogens with zero attached hydrogens (tertiary/aromatic N) is 3. The topological polar surface area (TPSA) is 135 Å². The number of carbonyl (C=O) groups is 2. The fourth-order valence-electron chi connectivity index (χ4n) is 3.88. The maximum atomic E-state index is 12.5. The molecule has 5 rings (SSSR count). The maximum Gasteiger partial charge on any atom is 1.00 e.